The van der Waals surface area contributed by atoms with E-state index >= 15 is 0 Å². The molecule has 4 amide bonds. The first-order chi connectivity index (χ1) is 17.3. The zero-order chi connectivity index (χ0) is 25.8. The Bertz CT molecular complexity index is 1390. The second-order valence-corrected chi connectivity index (χ2v) is 8.00. The van der Waals surface area contributed by atoms with Crippen molar-refractivity contribution < 1.29 is 32.6 Å². The highest BCUT2D eigenvalue weighted by Crippen LogP contribution is 2.38. The van der Waals surface area contributed by atoms with Crippen LogP contribution in [0.25, 0.3) is 6.08 Å². The quantitative estimate of drug-likeness (QED) is 0.345. The second kappa shape index (κ2) is 10.6. The summed E-state index contributed by atoms with van der Waals surface area (Å²) < 4.78 is 39.1. The van der Waals surface area contributed by atoms with Gasteiger partial charge in [-0.15, -0.1) is 0 Å². The van der Waals surface area contributed by atoms with Gasteiger partial charge in [-0.05, 0) is 60.5 Å². The third-order valence-electron chi connectivity index (χ3n) is 5.11. The van der Waals surface area contributed by atoms with E-state index in [-0.39, 0.29) is 35.4 Å². The Morgan fingerprint density at radius 3 is 2.50 bits per heavy atom. The highest BCUT2D eigenvalue weighted by atomic mass is 35.5. The van der Waals surface area contributed by atoms with Gasteiger partial charge >= 0.3 is 6.03 Å². The van der Waals surface area contributed by atoms with Gasteiger partial charge in [-0.3, -0.25) is 14.9 Å². The minimum Gasteiger partial charge on any atom is -0.490 e. The van der Waals surface area contributed by atoms with E-state index < -0.39 is 35.1 Å². The van der Waals surface area contributed by atoms with E-state index in [0.717, 1.165) is 6.07 Å². The summed E-state index contributed by atoms with van der Waals surface area (Å²) in [5, 5.41) is 2.14. The summed E-state index contributed by atoms with van der Waals surface area (Å²) in [5.41, 5.74) is 0.155. The lowest BCUT2D eigenvalue weighted by atomic mass is 10.1. The van der Waals surface area contributed by atoms with E-state index in [1.54, 1.807) is 19.1 Å². The van der Waals surface area contributed by atoms with Crippen LogP contribution < -0.4 is 19.7 Å². The van der Waals surface area contributed by atoms with Crippen molar-refractivity contribution in [3.05, 3.63) is 94.0 Å². The molecule has 3 aromatic carbocycles. The Kier molecular flexibility index (Phi) is 7.30. The number of carbonyl (C=O) groups excluding carboxylic acids is 3. The largest absolute Gasteiger partial charge is 0.490 e. The molecule has 1 saturated heterocycles. The topological polar surface area (TPSA) is 84.9 Å². The van der Waals surface area contributed by atoms with E-state index in [9.17, 15) is 23.2 Å². The molecule has 0 aromatic heterocycles. The van der Waals surface area contributed by atoms with E-state index in [0.29, 0.717) is 16.0 Å². The molecule has 1 N–H and O–H groups in total. The zero-order valence-corrected chi connectivity index (χ0v) is 19.6. The van der Waals surface area contributed by atoms with Gasteiger partial charge in [0.2, 0.25) is 0 Å². The number of nitrogens with one attached hydrogen (secondary N) is 1. The van der Waals surface area contributed by atoms with Crippen LogP contribution in [0.2, 0.25) is 5.02 Å². The van der Waals surface area contributed by atoms with Gasteiger partial charge in [0, 0.05) is 0 Å². The highest BCUT2D eigenvalue weighted by Gasteiger charge is 2.38. The fourth-order valence-corrected chi connectivity index (χ4v) is 3.81. The van der Waals surface area contributed by atoms with Crippen LogP contribution in [0.5, 0.6) is 11.5 Å². The summed E-state index contributed by atoms with van der Waals surface area (Å²) in [5.74, 6) is -2.76. The monoisotopic (exact) mass is 512 g/mol. The van der Waals surface area contributed by atoms with Crippen LogP contribution >= 0.6 is 11.6 Å². The number of ether oxygens (including phenoxy) is 2. The maximum absolute atomic E-state index is 14.3. The first-order valence-electron chi connectivity index (χ1n) is 10.8. The Labute approximate surface area is 209 Å². The number of anilines is 1. The molecule has 184 valence electrons. The average molecular weight is 513 g/mol. The van der Waals surface area contributed by atoms with Crippen LogP contribution in [0.1, 0.15) is 18.1 Å². The molecule has 1 aliphatic rings. The average Bonchev–Trinajstić information content (AvgIpc) is 2.82. The third kappa shape index (κ3) is 5.21. The van der Waals surface area contributed by atoms with Crippen molar-refractivity contribution in [2.24, 2.45) is 0 Å². The number of nitrogens with zero attached hydrogens (tertiary/aromatic N) is 1. The fourth-order valence-electron chi connectivity index (χ4n) is 3.53. The lowest BCUT2D eigenvalue weighted by Gasteiger charge is -2.26. The molecular formula is C26H19ClF2N2O5. The standard InChI is InChI=1S/C26H19ClF2N2O5/c1-2-35-22-13-16(12-19(27)23(22)36-14-15-6-5-7-17(28)10-15)11-18-24(32)30-26(34)31(25(18)33)21-9-4-3-8-20(21)29/h3-13H,2,14H2,1H3,(H,30,32,34)/b18-11-. The van der Waals surface area contributed by atoms with Crippen LogP contribution in [-0.2, 0) is 16.2 Å². The number of amides is 4. The van der Waals surface area contributed by atoms with Crippen LogP contribution in [0, 0.1) is 11.6 Å². The normalized spacial score (nSPS) is 14.7. The van der Waals surface area contributed by atoms with Crippen LogP contribution in [0.15, 0.2) is 66.2 Å². The van der Waals surface area contributed by atoms with Crippen LogP contribution in [-0.4, -0.2) is 24.5 Å². The molecule has 0 spiro atoms. The van der Waals surface area contributed by atoms with Crippen molar-refractivity contribution in [3.8, 4) is 11.5 Å². The summed E-state index contributed by atoms with van der Waals surface area (Å²) >= 11 is 6.42. The molecule has 0 radical (unpaired) electrons. The molecule has 1 aliphatic heterocycles. The number of urea groups is 1. The number of carbonyl (C=O) groups is 3. The number of benzene rings is 3. The Balaban J connectivity index is 1.67. The Hall–Kier alpha value is -4.24. The molecule has 0 aliphatic carbocycles. The number of barbiturate groups is 1. The second-order valence-electron chi connectivity index (χ2n) is 7.59. The van der Waals surface area contributed by atoms with Crippen LogP contribution in [0.4, 0.5) is 19.3 Å². The van der Waals surface area contributed by atoms with Gasteiger partial charge in [0.15, 0.2) is 11.5 Å². The SMILES string of the molecule is CCOc1cc(/C=C2/C(=O)NC(=O)N(c3ccccc3F)C2=O)cc(Cl)c1OCc1cccc(F)c1. The van der Waals surface area contributed by atoms with E-state index in [1.807, 2.05) is 5.32 Å². The molecule has 1 heterocycles. The van der Waals surface area contributed by atoms with Crippen molar-refractivity contribution in [1.82, 2.24) is 5.32 Å². The number of hydrogen-bond donors (Lipinski definition) is 1. The minimum atomic E-state index is -1.07. The van der Waals surface area contributed by atoms with Crippen molar-refractivity contribution in [1.29, 1.82) is 0 Å². The smallest absolute Gasteiger partial charge is 0.336 e. The summed E-state index contributed by atoms with van der Waals surface area (Å²) in [6, 6.07) is 12.9. The lowest BCUT2D eigenvalue weighted by molar-refractivity contribution is -0.122. The molecular weight excluding hydrogens is 494 g/mol. The number of hydrogen-bond acceptors (Lipinski definition) is 5. The molecule has 1 fully saturated rings. The van der Waals surface area contributed by atoms with E-state index in [1.165, 1.54) is 48.5 Å². The van der Waals surface area contributed by atoms with Gasteiger partial charge in [-0.2, -0.15) is 0 Å². The van der Waals surface area contributed by atoms with Gasteiger partial charge in [-0.1, -0.05) is 35.9 Å². The number of halogens is 3. The molecule has 36 heavy (non-hydrogen) atoms. The molecule has 7 nitrogen and oxygen atoms in total. The molecule has 4 rings (SSSR count). The maximum atomic E-state index is 14.3. The Morgan fingerprint density at radius 2 is 1.78 bits per heavy atom. The summed E-state index contributed by atoms with van der Waals surface area (Å²) in [7, 11) is 0. The lowest BCUT2D eigenvalue weighted by Crippen LogP contribution is -2.54. The number of imide groups is 2. The fraction of sp³-hybridized carbons (Fsp3) is 0.115. The Morgan fingerprint density at radius 1 is 1.00 bits per heavy atom. The van der Waals surface area contributed by atoms with E-state index in [4.69, 9.17) is 21.1 Å². The molecule has 0 unspecified atom stereocenters. The summed E-state index contributed by atoms with van der Waals surface area (Å²) in [4.78, 5) is 38.4. The van der Waals surface area contributed by atoms with Crippen molar-refractivity contribution >= 4 is 41.2 Å². The van der Waals surface area contributed by atoms with Gasteiger partial charge in [0.25, 0.3) is 11.8 Å². The number of para-hydroxylation sites is 1. The van der Waals surface area contributed by atoms with Crippen molar-refractivity contribution in [3.63, 3.8) is 0 Å². The van der Waals surface area contributed by atoms with Gasteiger partial charge in [0.05, 0.1) is 17.3 Å². The third-order valence-corrected chi connectivity index (χ3v) is 5.39. The molecule has 0 saturated carbocycles. The molecule has 3 aromatic rings. The first-order valence-corrected chi connectivity index (χ1v) is 11.2. The first kappa shape index (κ1) is 24.9. The molecule has 10 heteroatoms. The predicted octanol–water partition coefficient (Wildman–Crippen LogP) is 5.26. The summed E-state index contributed by atoms with van der Waals surface area (Å²) in [6.45, 7) is 2.01. The maximum Gasteiger partial charge on any atom is 0.336 e. The number of rotatable bonds is 7. The van der Waals surface area contributed by atoms with Crippen molar-refractivity contribution in [2.45, 2.75) is 13.5 Å². The molecule has 0 bridgehead atoms. The van der Waals surface area contributed by atoms with Crippen molar-refractivity contribution in [2.75, 3.05) is 11.5 Å². The minimum absolute atomic E-state index is 0.0125. The molecule has 0 atom stereocenters. The summed E-state index contributed by atoms with van der Waals surface area (Å²) in [6.07, 6.45) is 1.21. The van der Waals surface area contributed by atoms with Crippen LogP contribution in [0.3, 0.4) is 0 Å². The van der Waals surface area contributed by atoms with E-state index in [2.05, 4.69) is 0 Å². The highest BCUT2D eigenvalue weighted by molar-refractivity contribution is 6.39. The van der Waals surface area contributed by atoms with Gasteiger partial charge in [-0.25, -0.2) is 18.5 Å². The predicted molar refractivity (Wildman–Crippen MR) is 129 cm³/mol. The zero-order valence-electron chi connectivity index (χ0n) is 18.9. The van der Waals surface area contributed by atoms with Gasteiger partial charge < -0.3 is 9.47 Å². The van der Waals surface area contributed by atoms with Gasteiger partial charge in [0.1, 0.15) is 23.8 Å².